The maximum absolute atomic E-state index is 13.4. The van der Waals surface area contributed by atoms with Crippen LogP contribution in [0.3, 0.4) is 0 Å². The van der Waals surface area contributed by atoms with Crippen LogP contribution in [0.4, 0.5) is 4.39 Å². The predicted octanol–water partition coefficient (Wildman–Crippen LogP) is 4.31. The van der Waals surface area contributed by atoms with E-state index >= 15 is 0 Å². The lowest BCUT2D eigenvalue weighted by Crippen LogP contribution is -2.20. The molecule has 0 saturated carbocycles. The van der Waals surface area contributed by atoms with E-state index in [1.807, 2.05) is 13.8 Å². The molecule has 1 aliphatic heterocycles. The molecule has 1 N–H and O–H groups in total. The summed E-state index contributed by atoms with van der Waals surface area (Å²) >= 11 is 0. The van der Waals surface area contributed by atoms with Crippen LogP contribution >= 0.6 is 0 Å². The molecule has 1 aliphatic rings. The summed E-state index contributed by atoms with van der Waals surface area (Å²) in [5, 5.41) is 10.3. The highest BCUT2D eigenvalue weighted by atomic mass is 19.1. The van der Waals surface area contributed by atoms with Crippen LogP contribution in [0.25, 0.3) is 0 Å². The van der Waals surface area contributed by atoms with Crippen LogP contribution in [0.1, 0.15) is 46.4 Å². The van der Waals surface area contributed by atoms with E-state index in [-0.39, 0.29) is 11.9 Å². The SMILES string of the molecule is Cc1cc(C)c(C2CC(O)c3ccc(F)cc3O2)c(C)c1. The Morgan fingerprint density at radius 1 is 1.10 bits per heavy atom. The lowest BCUT2D eigenvalue weighted by molar-refractivity contribution is 0.0648. The van der Waals surface area contributed by atoms with Gasteiger partial charge in [0.2, 0.25) is 0 Å². The lowest BCUT2D eigenvalue weighted by atomic mass is 9.89. The van der Waals surface area contributed by atoms with Crippen LogP contribution in [-0.2, 0) is 0 Å². The van der Waals surface area contributed by atoms with Gasteiger partial charge in [-0.2, -0.15) is 0 Å². The Morgan fingerprint density at radius 2 is 1.76 bits per heavy atom. The molecule has 110 valence electrons. The summed E-state index contributed by atoms with van der Waals surface area (Å²) in [4.78, 5) is 0. The largest absolute Gasteiger partial charge is 0.485 e. The van der Waals surface area contributed by atoms with Crippen LogP contribution < -0.4 is 4.74 Å². The van der Waals surface area contributed by atoms with Gasteiger partial charge in [-0.25, -0.2) is 4.39 Å². The number of aliphatic hydroxyl groups is 1. The fourth-order valence-electron chi connectivity index (χ4n) is 3.29. The lowest BCUT2D eigenvalue weighted by Gasteiger charge is -2.31. The molecular formula is C18H19FO2. The molecule has 0 saturated heterocycles. The molecule has 0 amide bonds. The number of rotatable bonds is 1. The normalized spacial score (nSPS) is 20.8. The number of ether oxygens (including phenoxy) is 1. The summed E-state index contributed by atoms with van der Waals surface area (Å²) < 4.78 is 19.4. The molecule has 3 heteroatoms. The van der Waals surface area contributed by atoms with Gasteiger partial charge in [-0.05, 0) is 49.6 Å². The van der Waals surface area contributed by atoms with Crippen molar-refractivity contribution in [3.63, 3.8) is 0 Å². The second-order valence-corrected chi connectivity index (χ2v) is 5.85. The Balaban J connectivity index is 2.03. The van der Waals surface area contributed by atoms with Crippen molar-refractivity contribution in [3.8, 4) is 5.75 Å². The first-order chi connectivity index (χ1) is 9.95. The Labute approximate surface area is 124 Å². The molecule has 0 radical (unpaired) electrons. The first kappa shape index (κ1) is 14.1. The van der Waals surface area contributed by atoms with E-state index < -0.39 is 6.10 Å². The van der Waals surface area contributed by atoms with Gasteiger partial charge in [-0.1, -0.05) is 17.7 Å². The van der Waals surface area contributed by atoms with Crippen molar-refractivity contribution in [2.45, 2.75) is 39.4 Å². The van der Waals surface area contributed by atoms with Gasteiger partial charge in [0.15, 0.2) is 0 Å². The minimum atomic E-state index is -0.626. The standard InChI is InChI=1S/C18H19FO2/c1-10-6-11(2)18(12(3)7-10)17-9-15(20)14-5-4-13(19)8-16(14)21-17/h4-8,15,17,20H,9H2,1-3H3. The van der Waals surface area contributed by atoms with Crippen LogP contribution in [0.15, 0.2) is 30.3 Å². The van der Waals surface area contributed by atoms with Crippen molar-refractivity contribution in [1.82, 2.24) is 0 Å². The second-order valence-electron chi connectivity index (χ2n) is 5.85. The highest BCUT2D eigenvalue weighted by Crippen LogP contribution is 2.42. The maximum atomic E-state index is 13.4. The Hall–Kier alpha value is -1.87. The third-order valence-corrected chi connectivity index (χ3v) is 4.10. The van der Waals surface area contributed by atoms with E-state index in [1.54, 1.807) is 6.07 Å². The molecule has 2 nitrogen and oxygen atoms in total. The molecule has 0 aromatic heterocycles. The van der Waals surface area contributed by atoms with Gasteiger partial charge in [0.05, 0.1) is 6.10 Å². The molecule has 2 aromatic rings. The summed E-state index contributed by atoms with van der Waals surface area (Å²) in [6, 6.07) is 8.52. The monoisotopic (exact) mass is 286 g/mol. The van der Waals surface area contributed by atoms with Gasteiger partial charge in [0.25, 0.3) is 0 Å². The summed E-state index contributed by atoms with van der Waals surface area (Å²) in [6.07, 6.45) is -0.377. The zero-order valence-electron chi connectivity index (χ0n) is 12.5. The van der Waals surface area contributed by atoms with E-state index in [4.69, 9.17) is 4.74 Å². The van der Waals surface area contributed by atoms with E-state index in [0.717, 1.165) is 16.7 Å². The number of fused-ring (bicyclic) bond motifs is 1. The quantitative estimate of drug-likeness (QED) is 0.846. The molecule has 21 heavy (non-hydrogen) atoms. The molecule has 2 unspecified atom stereocenters. The van der Waals surface area contributed by atoms with Crippen molar-refractivity contribution in [2.75, 3.05) is 0 Å². The fourth-order valence-corrected chi connectivity index (χ4v) is 3.29. The van der Waals surface area contributed by atoms with Crippen LogP contribution in [-0.4, -0.2) is 5.11 Å². The summed E-state index contributed by atoms with van der Waals surface area (Å²) in [5.41, 5.74) is 5.25. The number of halogens is 1. The second kappa shape index (κ2) is 5.15. The van der Waals surface area contributed by atoms with Gasteiger partial charge in [-0.15, -0.1) is 0 Å². The zero-order chi connectivity index (χ0) is 15.1. The molecule has 1 heterocycles. The van der Waals surface area contributed by atoms with Crippen molar-refractivity contribution in [3.05, 3.63) is 64.0 Å². The van der Waals surface area contributed by atoms with E-state index in [2.05, 4.69) is 19.1 Å². The van der Waals surface area contributed by atoms with Crippen LogP contribution in [0.2, 0.25) is 0 Å². The molecule has 0 aliphatic carbocycles. The van der Waals surface area contributed by atoms with E-state index in [1.165, 1.54) is 17.7 Å². The topological polar surface area (TPSA) is 29.5 Å². The average Bonchev–Trinajstić information content (AvgIpc) is 2.36. The smallest absolute Gasteiger partial charge is 0.128 e. The van der Waals surface area contributed by atoms with Gasteiger partial charge in [-0.3, -0.25) is 0 Å². The number of aryl methyl sites for hydroxylation is 3. The van der Waals surface area contributed by atoms with Crippen molar-refractivity contribution in [1.29, 1.82) is 0 Å². The molecule has 0 spiro atoms. The Bertz CT molecular complexity index is 671. The minimum Gasteiger partial charge on any atom is -0.485 e. The first-order valence-electron chi connectivity index (χ1n) is 7.17. The minimum absolute atomic E-state index is 0.241. The Morgan fingerprint density at radius 3 is 2.43 bits per heavy atom. The number of hydrogen-bond acceptors (Lipinski definition) is 2. The number of aliphatic hydroxyl groups excluding tert-OH is 1. The molecular weight excluding hydrogens is 267 g/mol. The average molecular weight is 286 g/mol. The molecule has 3 rings (SSSR count). The highest BCUT2D eigenvalue weighted by Gasteiger charge is 2.30. The fraction of sp³-hybridized carbons (Fsp3) is 0.333. The molecule has 0 bridgehead atoms. The first-order valence-corrected chi connectivity index (χ1v) is 7.17. The summed E-state index contributed by atoms with van der Waals surface area (Å²) in [6.45, 7) is 6.16. The van der Waals surface area contributed by atoms with E-state index in [0.29, 0.717) is 17.7 Å². The van der Waals surface area contributed by atoms with Crippen molar-refractivity contribution in [2.24, 2.45) is 0 Å². The highest BCUT2D eigenvalue weighted by molar-refractivity contribution is 5.43. The third-order valence-electron chi connectivity index (χ3n) is 4.10. The van der Waals surface area contributed by atoms with Crippen molar-refractivity contribution >= 4 is 0 Å². The van der Waals surface area contributed by atoms with Gasteiger partial charge in [0.1, 0.15) is 17.7 Å². The Kier molecular flexibility index (Phi) is 3.46. The number of benzene rings is 2. The third kappa shape index (κ3) is 2.54. The molecule has 0 fully saturated rings. The van der Waals surface area contributed by atoms with E-state index in [9.17, 15) is 9.50 Å². The zero-order valence-corrected chi connectivity index (χ0v) is 12.5. The molecule has 2 aromatic carbocycles. The summed E-state index contributed by atoms with van der Waals surface area (Å²) in [7, 11) is 0. The van der Waals surface area contributed by atoms with Crippen molar-refractivity contribution < 1.29 is 14.2 Å². The van der Waals surface area contributed by atoms with Gasteiger partial charge >= 0.3 is 0 Å². The van der Waals surface area contributed by atoms with Gasteiger partial charge < -0.3 is 9.84 Å². The van der Waals surface area contributed by atoms with Gasteiger partial charge in [0, 0.05) is 18.1 Å². The van der Waals surface area contributed by atoms with Crippen LogP contribution in [0, 0.1) is 26.6 Å². The predicted molar refractivity (Wildman–Crippen MR) is 80.0 cm³/mol. The summed E-state index contributed by atoms with van der Waals surface area (Å²) in [5.74, 6) is 0.0945. The molecule has 2 atom stereocenters. The number of hydrogen-bond donors (Lipinski definition) is 1. The van der Waals surface area contributed by atoms with Crippen LogP contribution in [0.5, 0.6) is 5.75 Å². The maximum Gasteiger partial charge on any atom is 0.128 e.